The van der Waals surface area contributed by atoms with Gasteiger partial charge in [-0.1, -0.05) is 31.7 Å². The van der Waals surface area contributed by atoms with Crippen LogP contribution in [0.5, 0.6) is 0 Å². The summed E-state index contributed by atoms with van der Waals surface area (Å²) in [5.74, 6) is -1.43. The van der Waals surface area contributed by atoms with E-state index in [1.807, 2.05) is 0 Å². The molecule has 7 atom stereocenters. The molecule has 3 rings (SSSR count). The van der Waals surface area contributed by atoms with Crippen LogP contribution in [0.1, 0.15) is 39.8 Å². The SMILES string of the molecule is CC(=O)NCCC=CC(=O)SCCNC(=O)CCNC(=O)[C@H](O)C(C)(C)COP(=O)(O)OP(=O)(O)OC[C@H]1O[C@@H](n2cnc3c(N)ncnc32)[C@H](O)[C@@H]1OP(=O)(O)O. The largest absolute Gasteiger partial charge is 0.481 e. The van der Waals surface area contributed by atoms with E-state index in [-0.39, 0.29) is 53.3 Å². The monoisotopic (exact) mass is 906 g/mol. The highest BCUT2D eigenvalue weighted by atomic mass is 32.2. The summed E-state index contributed by atoms with van der Waals surface area (Å²) in [4.78, 5) is 98.2. The number of hydrogen-bond donors (Lipinski definition) is 10. The number of carbonyl (C=O) groups excluding carboxylic acids is 4. The zero-order chi connectivity index (χ0) is 43.5. The molecule has 1 aliphatic heterocycles. The molecular weight excluding hydrogens is 861 g/mol. The Kier molecular flexibility index (Phi) is 18.1. The van der Waals surface area contributed by atoms with Crippen LogP contribution in [0.25, 0.3) is 11.2 Å². The molecule has 0 saturated carbocycles. The van der Waals surface area contributed by atoms with E-state index in [1.54, 1.807) is 6.08 Å². The zero-order valence-corrected chi connectivity index (χ0v) is 34.6. The molecule has 0 aliphatic carbocycles. The van der Waals surface area contributed by atoms with Gasteiger partial charge < -0.3 is 56.2 Å². The highest BCUT2D eigenvalue weighted by Gasteiger charge is 2.50. The van der Waals surface area contributed by atoms with Gasteiger partial charge in [-0.05, 0) is 12.5 Å². The molecule has 30 heteroatoms. The third-order valence-corrected chi connectivity index (χ3v) is 11.6. The first kappa shape index (κ1) is 49.1. The Bertz CT molecular complexity index is 1950. The summed E-state index contributed by atoms with van der Waals surface area (Å²) in [7, 11) is -16.4. The number of carbonyl (C=O) groups is 4. The number of amides is 3. The number of aromatic nitrogens is 4. The fourth-order valence-electron chi connectivity index (χ4n) is 4.84. The number of nitrogens with one attached hydrogen (secondary N) is 3. The number of imidazole rings is 1. The summed E-state index contributed by atoms with van der Waals surface area (Å²) in [5.41, 5.74) is 4.23. The smallest absolute Gasteiger partial charge is 0.386 e. The second-order valence-corrected chi connectivity index (χ2v) is 18.2. The Hall–Kier alpha value is -3.23. The van der Waals surface area contributed by atoms with Crippen LogP contribution in [-0.4, -0.2) is 135 Å². The fourth-order valence-corrected chi connectivity index (χ4v) is 8.27. The molecule has 326 valence electrons. The lowest BCUT2D eigenvalue weighted by atomic mass is 9.87. The Labute approximate surface area is 334 Å². The molecule has 0 bridgehead atoms. The number of aliphatic hydroxyl groups excluding tert-OH is 2. The lowest BCUT2D eigenvalue weighted by Gasteiger charge is -2.30. The first-order chi connectivity index (χ1) is 26.9. The predicted octanol–water partition coefficient (Wildman–Crippen LogP) is -1.25. The van der Waals surface area contributed by atoms with Crippen molar-refractivity contribution in [2.45, 2.75) is 64.3 Å². The quantitative estimate of drug-likeness (QED) is 0.0354. The van der Waals surface area contributed by atoms with Crippen molar-refractivity contribution in [1.82, 2.24) is 35.5 Å². The van der Waals surface area contributed by atoms with Gasteiger partial charge in [0.2, 0.25) is 22.8 Å². The van der Waals surface area contributed by atoms with Crippen LogP contribution in [0, 0.1) is 5.41 Å². The molecule has 2 aromatic rings. The van der Waals surface area contributed by atoms with Crippen molar-refractivity contribution in [3.8, 4) is 0 Å². The molecule has 2 aromatic heterocycles. The Balaban J connectivity index is 1.45. The standard InChI is InChI=1S/C28H45N8O18P3S/c1-16(37)30-8-5-4-6-19(39)58-11-10-31-18(38)7-9-32-26(42)23(41)28(2,3)13-51-57(48,49)54-56(46,47)50-12-17-22(53-55(43,44)45)21(40)27(52-17)36-15-35-20-24(29)33-14-34-25(20)36/h4,6,14-15,17,21-23,27,40-41H,5,7-13H2,1-3H3,(H,30,37)(H,31,38)(H,32,42)(H,46,47)(H,48,49)(H2,29,33,34)(H2,43,44,45)/t17-,21-,22-,23+,27-/m1/s1. The van der Waals surface area contributed by atoms with Crippen molar-refractivity contribution >= 4 is 75.0 Å². The summed E-state index contributed by atoms with van der Waals surface area (Å²) in [6.07, 6.45) is -3.57. The molecular formula is C28H45N8O18P3S. The second-order valence-electron chi connectivity index (χ2n) is 12.9. The summed E-state index contributed by atoms with van der Waals surface area (Å²) in [5, 5.41) is 28.7. The van der Waals surface area contributed by atoms with Crippen molar-refractivity contribution in [2.24, 2.45) is 5.41 Å². The van der Waals surface area contributed by atoms with Crippen LogP contribution in [0.2, 0.25) is 0 Å². The minimum Gasteiger partial charge on any atom is -0.386 e. The van der Waals surface area contributed by atoms with Gasteiger partial charge in [0.15, 0.2) is 17.7 Å². The maximum Gasteiger partial charge on any atom is 0.481 e. The number of rotatable bonds is 23. The maximum absolute atomic E-state index is 12.7. The van der Waals surface area contributed by atoms with Crippen LogP contribution in [0.15, 0.2) is 24.8 Å². The highest BCUT2D eigenvalue weighted by Crippen LogP contribution is 2.61. The number of ether oxygens (including phenoxy) is 1. The molecule has 1 aliphatic rings. The van der Waals surface area contributed by atoms with Crippen LogP contribution < -0.4 is 21.7 Å². The summed E-state index contributed by atoms with van der Waals surface area (Å²) in [6, 6.07) is 0. The van der Waals surface area contributed by atoms with Gasteiger partial charge in [-0.2, -0.15) is 4.31 Å². The van der Waals surface area contributed by atoms with E-state index in [1.165, 1.54) is 26.8 Å². The molecule has 2 unspecified atom stereocenters. The van der Waals surface area contributed by atoms with Crippen molar-refractivity contribution in [3.63, 3.8) is 0 Å². The number of nitrogen functional groups attached to an aromatic ring is 1. The third-order valence-electron chi connectivity index (χ3n) is 7.68. The number of anilines is 1. The number of nitrogens with two attached hydrogens (primary N) is 1. The maximum atomic E-state index is 12.7. The number of phosphoric acid groups is 3. The molecule has 58 heavy (non-hydrogen) atoms. The Morgan fingerprint density at radius 2 is 1.72 bits per heavy atom. The summed E-state index contributed by atoms with van der Waals surface area (Å²) < 4.78 is 62.1. The normalized spacial score (nSPS) is 21.3. The Morgan fingerprint density at radius 3 is 2.40 bits per heavy atom. The lowest BCUT2D eigenvalue weighted by Crippen LogP contribution is -2.46. The lowest BCUT2D eigenvalue weighted by molar-refractivity contribution is -0.137. The minimum atomic E-state index is -5.58. The van der Waals surface area contributed by atoms with Crippen molar-refractivity contribution < 1.29 is 85.3 Å². The number of aliphatic hydroxyl groups is 2. The van der Waals surface area contributed by atoms with Crippen LogP contribution >= 0.6 is 35.2 Å². The van der Waals surface area contributed by atoms with E-state index >= 15 is 0 Å². The molecule has 26 nitrogen and oxygen atoms in total. The van der Waals surface area contributed by atoms with Crippen molar-refractivity contribution in [1.29, 1.82) is 0 Å². The molecule has 0 radical (unpaired) electrons. The molecule has 1 saturated heterocycles. The van der Waals surface area contributed by atoms with Gasteiger partial charge in [-0.25, -0.2) is 28.6 Å². The third kappa shape index (κ3) is 15.7. The topological polar surface area (TPSA) is 393 Å². The van der Waals surface area contributed by atoms with E-state index in [2.05, 4.69) is 39.7 Å². The zero-order valence-electron chi connectivity index (χ0n) is 31.1. The average molecular weight is 907 g/mol. The minimum absolute atomic E-state index is 0.0240. The number of thioether (sulfide) groups is 1. The van der Waals surface area contributed by atoms with E-state index in [0.717, 1.165) is 29.0 Å². The Morgan fingerprint density at radius 1 is 1.03 bits per heavy atom. The van der Waals surface area contributed by atoms with E-state index in [9.17, 15) is 62.7 Å². The average Bonchev–Trinajstić information content (AvgIpc) is 3.67. The van der Waals surface area contributed by atoms with Crippen molar-refractivity contribution in [2.75, 3.05) is 44.3 Å². The van der Waals surface area contributed by atoms with Gasteiger partial charge >= 0.3 is 23.5 Å². The molecule has 0 spiro atoms. The summed E-state index contributed by atoms with van der Waals surface area (Å²) in [6.45, 7) is 2.12. The molecule has 1 fully saturated rings. The van der Waals surface area contributed by atoms with Crippen LogP contribution in [0.3, 0.4) is 0 Å². The fraction of sp³-hybridized carbons (Fsp3) is 0.607. The summed E-state index contributed by atoms with van der Waals surface area (Å²) >= 11 is 0.960. The first-order valence-corrected chi connectivity index (χ1v) is 22.4. The van der Waals surface area contributed by atoms with Gasteiger partial charge in [0, 0.05) is 44.1 Å². The number of hydrogen-bond acceptors (Lipinski definition) is 19. The van der Waals surface area contributed by atoms with Gasteiger partial charge in [-0.3, -0.25) is 37.3 Å². The van der Waals surface area contributed by atoms with Gasteiger partial charge in [0.25, 0.3) is 0 Å². The van der Waals surface area contributed by atoms with Crippen LogP contribution in [0.4, 0.5) is 5.82 Å². The molecule has 3 amide bonds. The number of phosphoric ester groups is 3. The van der Waals surface area contributed by atoms with Gasteiger partial charge in [0.1, 0.15) is 36.3 Å². The number of fused-ring (bicyclic) bond motifs is 1. The van der Waals surface area contributed by atoms with Crippen LogP contribution in [-0.2, 0) is 55.5 Å². The predicted molar refractivity (Wildman–Crippen MR) is 200 cm³/mol. The van der Waals surface area contributed by atoms with Gasteiger partial charge in [-0.15, -0.1) is 0 Å². The van der Waals surface area contributed by atoms with E-state index < -0.39 is 84.6 Å². The molecule has 3 heterocycles. The van der Waals surface area contributed by atoms with Crippen molar-refractivity contribution in [3.05, 3.63) is 24.8 Å². The first-order valence-electron chi connectivity index (χ1n) is 16.9. The number of nitrogens with zero attached hydrogens (tertiary/aromatic N) is 4. The molecule has 0 aromatic carbocycles. The van der Waals surface area contributed by atoms with Gasteiger partial charge in [0.05, 0.1) is 19.5 Å². The second kappa shape index (κ2) is 21.3. The van der Waals surface area contributed by atoms with E-state index in [4.69, 9.17) is 19.5 Å². The molecule has 11 N–H and O–H groups in total. The highest BCUT2D eigenvalue weighted by molar-refractivity contribution is 8.14. The van der Waals surface area contributed by atoms with E-state index in [0.29, 0.717) is 13.0 Å².